The molecule has 0 amide bonds. The molecule has 6 rings (SSSR count). The predicted octanol–water partition coefficient (Wildman–Crippen LogP) is 4.84. The number of benzene rings is 3. The number of anilines is 2. The van der Waals surface area contributed by atoms with Gasteiger partial charge in [-0.05, 0) is 43.5 Å². The number of methoxy groups -OCH3 is 1. The lowest BCUT2D eigenvalue weighted by molar-refractivity contribution is 0.0224. The molecule has 2 N–H and O–H groups in total. The maximum Gasteiger partial charge on any atom is 0.340 e. The summed E-state index contributed by atoms with van der Waals surface area (Å²) in [6, 6.07) is 17.3. The zero-order valence-corrected chi connectivity index (χ0v) is 17.9. The summed E-state index contributed by atoms with van der Waals surface area (Å²) < 4.78 is 18.0. The Morgan fingerprint density at radius 3 is 2.53 bits per heavy atom. The molecule has 3 heterocycles. The summed E-state index contributed by atoms with van der Waals surface area (Å²) in [6.07, 6.45) is 3.64. The number of hydrogen-bond acceptors (Lipinski definition) is 6. The van der Waals surface area contributed by atoms with Gasteiger partial charge in [0.25, 0.3) is 0 Å². The Hall–Kier alpha value is -3.67. The zero-order valence-electron chi connectivity index (χ0n) is 17.9. The van der Waals surface area contributed by atoms with Crippen molar-refractivity contribution in [2.75, 3.05) is 30.8 Å². The third-order valence-electron chi connectivity index (χ3n) is 6.77. The van der Waals surface area contributed by atoms with Crippen LogP contribution in [0.15, 0.2) is 54.6 Å². The Balaban J connectivity index is 1.60. The van der Waals surface area contributed by atoms with E-state index in [0.29, 0.717) is 34.1 Å². The Labute approximate surface area is 186 Å². The molecule has 3 aromatic rings. The summed E-state index contributed by atoms with van der Waals surface area (Å²) in [5, 5.41) is 0. The van der Waals surface area contributed by atoms with Crippen LogP contribution < -0.4 is 20.1 Å². The van der Waals surface area contributed by atoms with E-state index in [4.69, 9.17) is 19.9 Å². The summed E-state index contributed by atoms with van der Waals surface area (Å²) in [6.45, 7) is 2.06. The maximum absolute atomic E-state index is 13.0. The molecular formula is C26H24N2O4. The number of carbonyl (C=O) groups excluding carboxylic acids is 1. The molecule has 6 nitrogen and oxygen atoms in total. The number of rotatable bonds is 2. The monoisotopic (exact) mass is 428 g/mol. The van der Waals surface area contributed by atoms with E-state index in [1.807, 2.05) is 24.3 Å². The third-order valence-corrected chi connectivity index (χ3v) is 6.77. The van der Waals surface area contributed by atoms with Gasteiger partial charge >= 0.3 is 5.97 Å². The van der Waals surface area contributed by atoms with Crippen molar-refractivity contribution in [2.45, 2.75) is 24.9 Å². The van der Waals surface area contributed by atoms with Crippen LogP contribution in [0.2, 0.25) is 0 Å². The highest BCUT2D eigenvalue weighted by molar-refractivity contribution is 5.97. The van der Waals surface area contributed by atoms with Gasteiger partial charge in [-0.25, -0.2) is 4.79 Å². The Morgan fingerprint density at radius 1 is 0.938 bits per heavy atom. The van der Waals surface area contributed by atoms with E-state index in [0.717, 1.165) is 29.9 Å². The lowest BCUT2D eigenvalue weighted by Crippen LogP contribution is -2.34. The topological polar surface area (TPSA) is 74.0 Å². The lowest BCUT2D eigenvalue weighted by Gasteiger charge is -2.38. The van der Waals surface area contributed by atoms with Crippen LogP contribution in [0.3, 0.4) is 0 Å². The normalized spacial score (nSPS) is 20.8. The van der Waals surface area contributed by atoms with Crippen molar-refractivity contribution in [1.82, 2.24) is 0 Å². The van der Waals surface area contributed by atoms with Crippen LogP contribution in [0, 0.1) is 0 Å². The number of fused-ring (bicyclic) bond motifs is 6. The maximum atomic E-state index is 13.0. The van der Waals surface area contributed by atoms with Gasteiger partial charge in [-0.2, -0.15) is 0 Å². The molecule has 0 radical (unpaired) electrons. The summed E-state index contributed by atoms with van der Waals surface area (Å²) in [7, 11) is 1.57. The van der Waals surface area contributed by atoms with E-state index >= 15 is 0 Å². The highest BCUT2D eigenvalue weighted by Gasteiger charge is 2.53. The van der Waals surface area contributed by atoms with Gasteiger partial charge in [0.05, 0.1) is 18.4 Å². The summed E-state index contributed by atoms with van der Waals surface area (Å²) in [4.78, 5) is 15.3. The predicted molar refractivity (Wildman–Crippen MR) is 122 cm³/mol. The number of hydrogen-bond donors (Lipinski definition) is 1. The third kappa shape index (κ3) is 2.55. The van der Waals surface area contributed by atoms with Gasteiger partial charge in [0.2, 0.25) is 0 Å². The summed E-state index contributed by atoms with van der Waals surface area (Å²) >= 11 is 0. The average molecular weight is 428 g/mol. The molecule has 162 valence electrons. The van der Waals surface area contributed by atoms with Crippen molar-refractivity contribution in [1.29, 1.82) is 0 Å². The fraction of sp³-hybridized carbons (Fsp3) is 0.269. The molecule has 1 fully saturated rings. The van der Waals surface area contributed by atoms with Crippen LogP contribution in [-0.4, -0.2) is 26.2 Å². The minimum Gasteiger partial charge on any atom is -0.494 e. The van der Waals surface area contributed by atoms with Gasteiger partial charge in [0, 0.05) is 47.6 Å². The van der Waals surface area contributed by atoms with Crippen molar-refractivity contribution < 1.29 is 19.0 Å². The number of nitrogens with zero attached hydrogens (tertiary/aromatic N) is 1. The van der Waals surface area contributed by atoms with Crippen molar-refractivity contribution in [3.8, 4) is 17.2 Å². The summed E-state index contributed by atoms with van der Waals surface area (Å²) in [5.41, 5.74) is 9.59. The van der Waals surface area contributed by atoms with Gasteiger partial charge < -0.3 is 24.8 Å². The van der Waals surface area contributed by atoms with Crippen LogP contribution in [0.25, 0.3) is 0 Å². The number of piperidine rings is 1. The van der Waals surface area contributed by atoms with Crippen molar-refractivity contribution in [2.24, 2.45) is 0 Å². The first kappa shape index (κ1) is 19.0. The lowest BCUT2D eigenvalue weighted by atomic mass is 9.77. The highest BCUT2D eigenvalue weighted by Crippen LogP contribution is 2.57. The molecule has 6 heteroatoms. The van der Waals surface area contributed by atoms with E-state index in [1.54, 1.807) is 25.3 Å². The van der Waals surface area contributed by atoms with Crippen LogP contribution >= 0.6 is 0 Å². The fourth-order valence-electron chi connectivity index (χ4n) is 5.23. The first-order valence-corrected chi connectivity index (χ1v) is 11.0. The molecule has 3 aliphatic rings. The van der Waals surface area contributed by atoms with Crippen molar-refractivity contribution >= 4 is 17.3 Å². The second kappa shape index (κ2) is 6.92. The van der Waals surface area contributed by atoms with Crippen molar-refractivity contribution in [3.05, 3.63) is 76.9 Å². The molecule has 1 saturated heterocycles. The number of nitrogen functional groups attached to an aromatic ring is 1. The van der Waals surface area contributed by atoms with E-state index in [1.165, 1.54) is 19.3 Å². The SMILES string of the molecule is COc1cc2c(cc1N)C1(OC(=O)c3ccccc31)c1ccc(N3CCCCC3)cc1O2. The fourth-order valence-corrected chi connectivity index (χ4v) is 5.23. The zero-order chi connectivity index (χ0) is 21.9. The Morgan fingerprint density at radius 2 is 1.72 bits per heavy atom. The highest BCUT2D eigenvalue weighted by atomic mass is 16.6. The second-order valence-corrected chi connectivity index (χ2v) is 8.54. The largest absolute Gasteiger partial charge is 0.494 e. The number of nitrogens with two attached hydrogens (primary N) is 1. The van der Waals surface area contributed by atoms with E-state index in [-0.39, 0.29) is 5.97 Å². The van der Waals surface area contributed by atoms with Gasteiger partial charge in [-0.3, -0.25) is 0 Å². The number of ether oxygens (including phenoxy) is 3. The quantitative estimate of drug-likeness (QED) is 0.465. The van der Waals surface area contributed by atoms with E-state index in [2.05, 4.69) is 17.0 Å². The Kier molecular flexibility index (Phi) is 4.12. The number of esters is 1. The summed E-state index contributed by atoms with van der Waals surface area (Å²) in [5.74, 6) is 1.42. The van der Waals surface area contributed by atoms with Crippen LogP contribution in [0.5, 0.6) is 17.2 Å². The molecule has 32 heavy (non-hydrogen) atoms. The van der Waals surface area contributed by atoms with E-state index < -0.39 is 5.60 Å². The molecular weight excluding hydrogens is 404 g/mol. The second-order valence-electron chi connectivity index (χ2n) is 8.54. The van der Waals surface area contributed by atoms with Gasteiger partial charge in [0.15, 0.2) is 5.60 Å². The molecule has 0 saturated carbocycles. The Bertz CT molecular complexity index is 1250. The first-order chi connectivity index (χ1) is 15.6. The minimum absolute atomic E-state index is 0.353. The van der Waals surface area contributed by atoms with Crippen LogP contribution in [-0.2, 0) is 10.3 Å². The molecule has 3 aliphatic heterocycles. The molecule has 1 unspecified atom stereocenters. The van der Waals surface area contributed by atoms with Crippen molar-refractivity contribution in [3.63, 3.8) is 0 Å². The molecule has 3 aromatic carbocycles. The molecule has 1 spiro atoms. The van der Waals surface area contributed by atoms with Gasteiger partial charge in [-0.1, -0.05) is 18.2 Å². The van der Waals surface area contributed by atoms with E-state index in [9.17, 15) is 4.79 Å². The molecule has 1 atom stereocenters. The molecule has 0 aliphatic carbocycles. The number of carbonyl (C=O) groups is 1. The van der Waals surface area contributed by atoms with Crippen LogP contribution in [0.1, 0.15) is 46.3 Å². The average Bonchev–Trinajstić information content (AvgIpc) is 3.13. The smallest absolute Gasteiger partial charge is 0.340 e. The van der Waals surface area contributed by atoms with Gasteiger partial charge in [0.1, 0.15) is 17.2 Å². The standard InChI is InChI=1S/C26H24N2O4/c1-30-24-15-23-20(14-21(24)27)26(18-8-4-3-7-17(18)25(29)32-26)19-10-9-16(13-22(19)31-23)28-11-5-2-6-12-28/h3-4,7-10,13-15H,2,5-6,11-12,27H2,1H3. The molecule has 0 aromatic heterocycles. The first-order valence-electron chi connectivity index (χ1n) is 11.0. The molecule has 0 bridgehead atoms. The minimum atomic E-state index is -1.11. The van der Waals surface area contributed by atoms with Crippen LogP contribution in [0.4, 0.5) is 11.4 Å². The van der Waals surface area contributed by atoms with Gasteiger partial charge in [-0.15, -0.1) is 0 Å².